The van der Waals surface area contributed by atoms with E-state index in [1.165, 1.54) is 18.9 Å². The highest BCUT2D eigenvalue weighted by molar-refractivity contribution is 5.19. The summed E-state index contributed by atoms with van der Waals surface area (Å²) < 4.78 is 4.85. The van der Waals surface area contributed by atoms with Crippen LogP contribution in [0.2, 0.25) is 0 Å². The number of hydrogen-bond acceptors (Lipinski definition) is 4. The smallest absolute Gasteiger partial charge is 0.124 e. The molecule has 1 atom stereocenters. The number of furan rings is 1. The molecule has 4 nitrogen and oxygen atoms in total. The van der Waals surface area contributed by atoms with Crippen LogP contribution in [0.3, 0.4) is 0 Å². The first-order chi connectivity index (χ1) is 6.38. The fraction of sp³-hybridized carbons (Fsp3) is 0.111. The van der Waals surface area contributed by atoms with Crippen molar-refractivity contribution in [3.63, 3.8) is 0 Å². The van der Waals surface area contributed by atoms with E-state index in [4.69, 9.17) is 4.42 Å². The Balaban J connectivity index is 2.29. The van der Waals surface area contributed by atoms with Crippen LogP contribution in [0.4, 0.5) is 0 Å². The second-order valence-corrected chi connectivity index (χ2v) is 2.59. The van der Waals surface area contributed by atoms with E-state index in [-0.39, 0.29) is 0 Å². The van der Waals surface area contributed by atoms with Gasteiger partial charge < -0.3 is 9.52 Å². The van der Waals surface area contributed by atoms with Gasteiger partial charge in [0.25, 0.3) is 0 Å². The van der Waals surface area contributed by atoms with E-state index in [1.54, 1.807) is 18.3 Å². The van der Waals surface area contributed by atoms with Crippen molar-refractivity contribution in [3.8, 4) is 0 Å². The molecule has 0 fully saturated rings. The van der Waals surface area contributed by atoms with Crippen LogP contribution in [-0.4, -0.2) is 15.1 Å². The van der Waals surface area contributed by atoms with Crippen molar-refractivity contribution in [2.75, 3.05) is 0 Å². The number of nitrogens with zero attached hydrogens (tertiary/aromatic N) is 2. The van der Waals surface area contributed by atoms with Gasteiger partial charge in [0.05, 0.1) is 18.2 Å². The molecule has 0 aliphatic heterocycles. The van der Waals surface area contributed by atoms with E-state index in [1.807, 2.05) is 0 Å². The number of rotatable bonds is 2. The summed E-state index contributed by atoms with van der Waals surface area (Å²) >= 11 is 0. The van der Waals surface area contributed by atoms with Crippen LogP contribution in [0, 0.1) is 0 Å². The zero-order valence-corrected chi connectivity index (χ0v) is 6.79. The average Bonchev–Trinajstić information content (AvgIpc) is 2.71. The van der Waals surface area contributed by atoms with Crippen LogP contribution in [0.25, 0.3) is 0 Å². The summed E-state index contributed by atoms with van der Waals surface area (Å²) in [6, 6.07) is 3.37. The zero-order valence-electron chi connectivity index (χ0n) is 6.79. The summed E-state index contributed by atoms with van der Waals surface area (Å²) in [7, 11) is 0. The quantitative estimate of drug-likeness (QED) is 0.745. The minimum atomic E-state index is -0.734. The molecule has 2 rings (SSSR count). The molecule has 1 N–H and O–H groups in total. The first-order valence-corrected chi connectivity index (χ1v) is 3.84. The maximum Gasteiger partial charge on any atom is 0.124 e. The van der Waals surface area contributed by atoms with Gasteiger partial charge in [-0.1, -0.05) is 0 Å². The van der Waals surface area contributed by atoms with Gasteiger partial charge >= 0.3 is 0 Å². The van der Waals surface area contributed by atoms with Crippen molar-refractivity contribution >= 4 is 0 Å². The molecule has 4 heteroatoms. The van der Waals surface area contributed by atoms with Gasteiger partial charge in [0, 0.05) is 11.8 Å². The Labute approximate surface area is 74.9 Å². The van der Waals surface area contributed by atoms with Gasteiger partial charge in [-0.05, 0) is 12.1 Å². The number of aliphatic hydroxyl groups excluding tert-OH is 1. The van der Waals surface area contributed by atoms with Gasteiger partial charge in [0.2, 0.25) is 0 Å². The molecule has 0 aromatic carbocycles. The van der Waals surface area contributed by atoms with Crippen molar-refractivity contribution < 1.29 is 9.52 Å². The molecule has 13 heavy (non-hydrogen) atoms. The Morgan fingerprint density at radius 2 is 2.31 bits per heavy atom. The van der Waals surface area contributed by atoms with Crippen LogP contribution >= 0.6 is 0 Å². The highest BCUT2D eigenvalue weighted by Gasteiger charge is 2.11. The average molecular weight is 176 g/mol. The molecule has 2 aromatic heterocycles. The standard InChI is InChI=1S/C9H8N2O2/c12-9(7-2-4-13-5-7)8-1-3-10-6-11-8/h1-6,9,12H. The van der Waals surface area contributed by atoms with Gasteiger partial charge in [0.1, 0.15) is 12.4 Å². The molecule has 2 heterocycles. The molecule has 0 spiro atoms. The maximum absolute atomic E-state index is 9.73. The number of hydrogen-bond donors (Lipinski definition) is 1. The Hall–Kier alpha value is -1.68. The summed E-state index contributed by atoms with van der Waals surface area (Å²) in [6.45, 7) is 0. The van der Waals surface area contributed by atoms with E-state index in [9.17, 15) is 5.11 Å². The maximum atomic E-state index is 9.73. The molecular formula is C9H8N2O2. The second-order valence-electron chi connectivity index (χ2n) is 2.59. The highest BCUT2D eigenvalue weighted by atomic mass is 16.3. The number of aromatic nitrogens is 2. The molecule has 2 aromatic rings. The van der Waals surface area contributed by atoms with E-state index >= 15 is 0 Å². The third-order valence-electron chi connectivity index (χ3n) is 1.74. The molecule has 66 valence electrons. The van der Waals surface area contributed by atoms with E-state index in [2.05, 4.69) is 9.97 Å². The highest BCUT2D eigenvalue weighted by Crippen LogP contribution is 2.19. The van der Waals surface area contributed by atoms with Crippen LogP contribution in [0.15, 0.2) is 41.6 Å². The molecule has 1 unspecified atom stereocenters. The lowest BCUT2D eigenvalue weighted by Gasteiger charge is -2.05. The van der Waals surface area contributed by atoms with Crippen molar-refractivity contribution in [2.24, 2.45) is 0 Å². The van der Waals surface area contributed by atoms with Crippen molar-refractivity contribution in [2.45, 2.75) is 6.10 Å². The lowest BCUT2D eigenvalue weighted by molar-refractivity contribution is 0.214. The third kappa shape index (κ3) is 1.57. The van der Waals surface area contributed by atoms with Crippen LogP contribution < -0.4 is 0 Å². The topological polar surface area (TPSA) is 59.2 Å². The summed E-state index contributed by atoms with van der Waals surface area (Å²) in [5.74, 6) is 0. The fourth-order valence-corrected chi connectivity index (χ4v) is 1.06. The molecule has 0 saturated heterocycles. The van der Waals surface area contributed by atoms with Gasteiger partial charge in [-0.2, -0.15) is 0 Å². The SMILES string of the molecule is OC(c1ccoc1)c1ccncn1. The van der Waals surface area contributed by atoms with Crippen molar-refractivity contribution in [3.05, 3.63) is 48.4 Å². The number of aliphatic hydroxyl groups is 1. The minimum Gasteiger partial charge on any atom is -0.472 e. The summed E-state index contributed by atoms with van der Waals surface area (Å²) in [5, 5.41) is 9.73. The molecule has 0 aliphatic carbocycles. The lowest BCUT2D eigenvalue weighted by atomic mass is 10.1. The van der Waals surface area contributed by atoms with Crippen molar-refractivity contribution in [1.82, 2.24) is 9.97 Å². The van der Waals surface area contributed by atoms with Gasteiger partial charge in [0.15, 0.2) is 0 Å². The van der Waals surface area contributed by atoms with Crippen LogP contribution in [-0.2, 0) is 0 Å². The van der Waals surface area contributed by atoms with E-state index < -0.39 is 6.10 Å². The monoisotopic (exact) mass is 176 g/mol. The summed E-state index contributed by atoms with van der Waals surface area (Å²) in [6.07, 6.45) is 5.26. The van der Waals surface area contributed by atoms with Gasteiger partial charge in [-0.25, -0.2) is 9.97 Å². The lowest BCUT2D eigenvalue weighted by Crippen LogP contribution is -2.00. The Kier molecular flexibility index (Phi) is 2.06. The van der Waals surface area contributed by atoms with Crippen LogP contribution in [0.5, 0.6) is 0 Å². The Morgan fingerprint density at radius 1 is 1.38 bits per heavy atom. The molecule has 0 bridgehead atoms. The van der Waals surface area contributed by atoms with E-state index in [0.717, 1.165) is 0 Å². The summed E-state index contributed by atoms with van der Waals surface area (Å²) in [5.41, 5.74) is 1.26. The second kappa shape index (κ2) is 3.37. The third-order valence-corrected chi connectivity index (χ3v) is 1.74. The van der Waals surface area contributed by atoms with Crippen LogP contribution in [0.1, 0.15) is 17.4 Å². The first-order valence-electron chi connectivity index (χ1n) is 3.84. The zero-order chi connectivity index (χ0) is 9.10. The first kappa shape index (κ1) is 7.94. The minimum absolute atomic E-state index is 0.566. The van der Waals surface area contributed by atoms with E-state index in [0.29, 0.717) is 11.3 Å². The summed E-state index contributed by atoms with van der Waals surface area (Å²) in [4.78, 5) is 7.70. The predicted molar refractivity (Wildman–Crippen MR) is 44.8 cm³/mol. The largest absolute Gasteiger partial charge is 0.472 e. The van der Waals surface area contributed by atoms with Crippen molar-refractivity contribution in [1.29, 1.82) is 0 Å². The molecule has 0 radical (unpaired) electrons. The molecule has 0 saturated carbocycles. The molecule has 0 aliphatic rings. The Morgan fingerprint density at radius 3 is 2.92 bits per heavy atom. The van der Waals surface area contributed by atoms with Gasteiger partial charge in [-0.15, -0.1) is 0 Å². The normalized spacial score (nSPS) is 12.7. The molecule has 0 amide bonds. The Bertz CT molecular complexity index is 358. The van der Waals surface area contributed by atoms with Gasteiger partial charge in [-0.3, -0.25) is 0 Å². The molecular weight excluding hydrogens is 168 g/mol. The predicted octanol–water partition coefficient (Wildman–Crippen LogP) is 1.15. The fourth-order valence-electron chi connectivity index (χ4n) is 1.06.